The van der Waals surface area contributed by atoms with E-state index in [1.165, 1.54) is 244 Å². The van der Waals surface area contributed by atoms with Crippen LogP contribution in [0.5, 0.6) is 0 Å². The van der Waals surface area contributed by atoms with Gasteiger partial charge in [-0.1, -0.05) is 317 Å². The van der Waals surface area contributed by atoms with E-state index in [0.717, 1.165) is 69.6 Å². The van der Waals surface area contributed by atoms with Crippen LogP contribution < -0.4 is 0 Å². The molecule has 0 aromatic heterocycles. The number of rotatable bonds is 57. The molecule has 0 fully saturated rings. The van der Waals surface area contributed by atoms with Gasteiger partial charge in [-0.15, -0.1) is 0 Å². The predicted molar refractivity (Wildman–Crippen MR) is 298 cm³/mol. The summed E-state index contributed by atoms with van der Waals surface area (Å²) < 4.78 is 16.9. The molecule has 0 N–H and O–H groups in total. The Balaban J connectivity index is 4.22. The fraction of sp³-hybridized carbons (Fsp3) is 0.952. The van der Waals surface area contributed by atoms with Crippen LogP contribution in [-0.4, -0.2) is 37.2 Å². The molecular weight excluding hydrogens is 853 g/mol. The van der Waals surface area contributed by atoms with Crippen LogP contribution in [0.25, 0.3) is 0 Å². The summed E-state index contributed by atoms with van der Waals surface area (Å²) >= 11 is 0. The Hall–Kier alpha value is -1.59. The molecule has 0 aromatic rings. The van der Waals surface area contributed by atoms with Crippen molar-refractivity contribution in [2.75, 3.05) is 13.2 Å². The molecule has 6 heteroatoms. The number of hydrogen-bond acceptors (Lipinski definition) is 6. The summed E-state index contributed by atoms with van der Waals surface area (Å²) in [5.41, 5.74) is 0. The zero-order chi connectivity index (χ0) is 50.4. The molecule has 0 aromatic carbocycles. The molecule has 0 spiro atoms. The molecule has 6 nitrogen and oxygen atoms in total. The summed E-state index contributed by atoms with van der Waals surface area (Å²) in [6.45, 7) is 11.5. The highest BCUT2D eigenvalue weighted by Gasteiger charge is 2.19. The van der Waals surface area contributed by atoms with Gasteiger partial charge in [0.25, 0.3) is 0 Å². The predicted octanol–water partition coefficient (Wildman–Crippen LogP) is 20.8. The summed E-state index contributed by atoms with van der Waals surface area (Å²) in [6, 6.07) is 0. The van der Waals surface area contributed by atoms with Crippen LogP contribution in [0.3, 0.4) is 0 Å². The van der Waals surface area contributed by atoms with Gasteiger partial charge in [0.2, 0.25) is 0 Å². The van der Waals surface area contributed by atoms with Crippen LogP contribution >= 0.6 is 0 Å². The minimum atomic E-state index is -0.763. The molecule has 0 rings (SSSR count). The summed E-state index contributed by atoms with van der Waals surface area (Å²) in [7, 11) is 0. The van der Waals surface area contributed by atoms with Crippen LogP contribution in [0, 0.1) is 11.8 Å². The van der Waals surface area contributed by atoms with Crippen molar-refractivity contribution in [1.82, 2.24) is 0 Å². The lowest BCUT2D eigenvalue weighted by atomic mass is 9.99. The summed E-state index contributed by atoms with van der Waals surface area (Å²) in [5.74, 6) is 0.924. The number of hydrogen-bond donors (Lipinski definition) is 0. The van der Waals surface area contributed by atoms with Gasteiger partial charge in [-0.25, -0.2) is 0 Å². The Morgan fingerprint density at radius 3 is 0.826 bits per heavy atom. The van der Waals surface area contributed by atoms with Gasteiger partial charge in [0.05, 0.1) is 0 Å². The third kappa shape index (κ3) is 55.6. The molecule has 0 saturated heterocycles. The van der Waals surface area contributed by atoms with E-state index in [-0.39, 0.29) is 31.1 Å². The molecule has 0 amide bonds. The topological polar surface area (TPSA) is 78.9 Å². The van der Waals surface area contributed by atoms with Gasteiger partial charge in [-0.3, -0.25) is 14.4 Å². The fourth-order valence-corrected chi connectivity index (χ4v) is 9.73. The average Bonchev–Trinajstić information content (AvgIpc) is 3.34. The zero-order valence-corrected chi connectivity index (χ0v) is 47.5. The van der Waals surface area contributed by atoms with Crippen molar-refractivity contribution >= 4 is 17.9 Å². The van der Waals surface area contributed by atoms with Crippen molar-refractivity contribution in [1.29, 1.82) is 0 Å². The molecule has 0 heterocycles. The van der Waals surface area contributed by atoms with Crippen molar-refractivity contribution < 1.29 is 28.6 Å². The van der Waals surface area contributed by atoms with E-state index < -0.39 is 6.10 Å². The van der Waals surface area contributed by atoms with E-state index >= 15 is 0 Å². The number of unbranched alkanes of at least 4 members (excludes halogenated alkanes) is 41. The lowest BCUT2D eigenvalue weighted by molar-refractivity contribution is -0.167. The molecule has 0 aliphatic carbocycles. The molecule has 0 saturated carbocycles. The fourth-order valence-electron chi connectivity index (χ4n) is 9.73. The second-order valence-corrected chi connectivity index (χ2v) is 22.4. The van der Waals surface area contributed by atoms with E-state index in [2.05, 4.69) is 34.6 Å². The molecule has 0 aliphatic heterocycles. The Morgan fingerprint density at radius 1 is 0.304 bits per heavy atom. The highest BCUT2D eigenvalue weighted by Crippen LogP contribution is 2.19. The third-order valence-electron chi connectivity index (χ3n) is 14.8. The molecule has 1 unspecified atom stereocenters. The molecule has 0 bridgehead atoms. The van der Waals surface area contributed by atoms with E-state index in [1.807, 2.05) is 0 Å². The second kappa shape index (κ2) is 55.7. The summed E-state index contributed by atoms with van der Waals surface area (Å²) in [4.78, 5) is 38.2. The van der Waals surface area contributed by atoms with E-state index in [9.17, 15) is 14.4 Å². The number of ether oxygens (including phenoxy) is 3. The Labute approximate surface area is 431 Å². The molecule has 0 radical (unpaired) electrons. The van der Waals surface area contributed by atoms with Gasteiger partial charge >= 0.3 is 17.9 Å². The van der Waals surface area contributed by atoms with Crippen LogP contribution in [0.4, 0.5) is 0 Å². The second-order valence-electron chi connectivity index (χ2n) is 22.4. The largest absolute Gasteiger partial charge is 0.462 e. The quantitative estimate of drug-likeness (QED) is 0.0343. The van der Waals surface area contributed by atoms with Gasteiger partial charge in [0, 0.05) is 19.3 Å². The van der Waals surface area contributed by atoms with Crippen molar-refractivity contribution in [3.8, 4) is 0 Å². The number of carbonyl (C=O) groups excluding carboxylic acids is 3. The average molecular weight is 976 g/mol. The van der Waals surface area contributed by atoms with E-state index in [0.29, 0.717) is 19.3 Å². The standard InChI is InChI=1S/C63H122O6/c1-6-8-9-10-11-12-26-33-38-43-48-53-61(64)67-56-60(57-68-62(65)54-49-44-39-34-29-24-21-17-18-22-27-31-36-41-46-51-58(3)4)69-63(66)55-50-45-40-35-30-25-20-16-14-13-15-19-23-28-32-37-42-47-52-59(5)7-2/h58-60H,6-57H2,1-5H3/t59?,60-/m0/s1. The Bertz CT molecular complexity index is 1060. The maximum absolute atomic E-state index is 12.9. The van der Waals surface area contributed by atoms with Gasteiger partial charge in [-0.2, -0.15) is 0 Å². The highest BCUT2D eigenvalue weighted by atomic mass is 16.6. The van der Waals surface area contributed by atoms with E-state index in [1.54, 1.807) is 0 Å². The molecular formula is C63H122O6. The smallest absolute Gasteiger partial charge is 0.306 e. The minimum absolute atomic E-state index is 0.0621. The Kier molecular flexibility index (Phi) is 54.4. The maximum Gasteiger partial charge on any atom is 0.306 e. The van der Waals surface area contributed by atoms with Crippen molar-refractivity contribution in [2.45, 2.75) is 362 Å². The lowest BCUT2D eigenvalue weighted by Gasteiger charge is -2.18. The SMILES string of the molecule is CCCCCCCCCCCCCC(=O)OC[C@@H](COC(=O)CCCCCCCCCCCCCCCCCC(C)C)OC(=O)CCCCCCCCCCCCCCCCCCCCC(C)CC. The van der Waals surface area contributed by atoms with Crippen LogP contribution in [0.15, 0.2) is 0 Å². The number of carbonyl (C=O) groups is 3. The Morgan fingerprint density at radius 2 is 0.551 bits per heavy atom. The lowest BCUT2D eigenvalue weighted by Crippen LogP contribution is -2.30. The van der Waals surface area contributed by atoms with Crippen molar-refractivity contribution in [2.24, 2.45) is 11.8 Å². The van der Waals surface area contributed by atoms with Gasteiger partial charge in [-0.05, 0) is 31.1 Å². The first-order chi connectivity index (χ1) is 33.8. The van der Waals surface area contributed by atoms with Gasteiger partial charge in [0.1, 0.15) is 13.2 Å². The van der Waals surface area contributed by atoms with Crippen molar-refractivity contribution in [3.05, 3.63) is 0 Å². The van der Waals surface area contributed by atoms with E-state index in [4.69, 9.17) is 14.2 Å². The minimum Gasteiger partial charge on any atom is -0.462 e. The first kappa shape index (κ1) is 67.4. The monoisotopic (exact) mass is 975 g/mol. The first-order valence-electron chi connectivity index (χ1n) is 31.3. The molecule has 2 atom stereocenters. The molecule has 0 aliphatic rings. The van der Waals surface area contributed by atoms with Gasteiger partial charge < -0.3 is 14.2 Å². The maximum atomic E-state index is 12.9. The third-order valence-corrected chi connectivity index (χ3v) is 14.8. The molecule has 69 heavy (non-hydrogen) atoms. The molecule has 410 valence electrons. The zero-order valence-electron chi connectivity index (χ0n) is 47.5. The van der Waals surface area contributed by atoms with Crippen LogP contribution in [0.1, 0.15) is 356 Å². The van der Waals surface area contributed by atoms with Crippen LogP contribution in [0.2, 0.25) is 0 Å². The summed E-state index contributed by atoms with van der Waals surface area (Å²) in [5, 5.41) is 0. The van der Waals surface area contributed by atoms with Gasteiger partial charge in [0.15, 0.2) is 6.10 Å². The normalized spacial score (nSPS) is 12.4. The number of esters is 3. The van der Waals surface area contributed by atoms with Crippen LogP contribution in [-0.2, 0) is 28.6 Å². The summed E-state index contributed by atoms with van der Waals surface area (Å²) in [6.07, 6.45) is 61.0. The highest BCUT2D eigenvalue weighted by molar-refractivity contribution is 5.71. The first-order valence-corrected chi connectivity index (χ1v) is 31.3. The van der Waals surface area contributed by atoms with Crippen molar-refractivity contribution in [3.63, 3.8) is 0 Å².